The average molecular weight is 262 g/mol. The molecule has 1 N–H and O–H groups in total. The minimum atomic E-state index is 0.602. The second-order valence-corrected chi connectivity index (χ2v) is 7.56. The van der Waals surface area contributed by atoms with Crippen molar-refractivity contribution in [3.63, 3.8) is 0 Å². The number of fused-ring (bicyclic) bond motifs is 1. The smallest absolute Gasteiger partial charge is 0.0429 e. The fourth-order valence-corrected chi connectivity index (χ4v) is 4.62. The maximum Gasteiger partial charge on any atom is 0.0429 e. The highest BCUT2D eigenvalue weighted by Crippen LogP contribution is 2.28. The molecule has 0 saturated carbocycles. The van der Waals surface area contributed by atoms with Gasteiger partial charge in [-0.05, 0) is 18.1 Å². The zero-order valence-corrected chi connectivity index (χ0v) is 12.0. The maximum absolute atomic E-state index is 3.66. The van der Waals surface area contributed by atoms with Crippen molar-refractivity contribution >= 4 is 17.4 Å². The van der Waals surface area contributed by atoms with E-state index in [2.05, 4.69) is 60.1 Å². The molecule has 1 aromatic rings. The molecule has 0 spiro atoms. The van der Waals surface area contributed by atoms with E-state index in [1.54, 1.807) is 0 Å². The summed E-state index contributed by atoms with van der Waals surface area (Å²) < 4.78 is 0. The van der Waals surface area contributed by atoms with Crippen LogP contribution in [0.15, 0.2) is 24.3 Å². The summed E-state index contributed by atoms with van der Waals surface area (Å²) in [5.41, 5.74) is 2.82. The third-order valence-corrected chi connectivity index (χ3v) is 5.04. The number of nitrogens with one attached hydrogen (secondary N) is 1. The normalized spacial score (nSPS) is 32.0. The van der Waals surface area contributed by atoms with E-state index in [1.165, 1.54) is 37.3 Å². The van der Waals surface area contributed by atoms with Crippen molar-refractivity contribution in [1.29, 1.82) is 0 Å². The summed E-state index contributed by atoms with van der Waals surface area (Å²) in [5, 5.41) is 5.21. The number of hydrogen-bond donors (Lipinski definition) is 1. The van der Waals surface area contributed by atoms with Crippen molar-refractivity contribution in [2.24, 2.45) is 0 Å². The molecule has 2 heterocycles. The summed E-state index contributed by atoms with van der Waals surface area (Å²) in [6.45, 7) is 8.37. The highest BCUT2D eigenvalue weighted by Gasteiger charge is 2.27. The molecular weight excluding hydrogens is 240 g/mol. The van der Waals surface area contributed by atoms with Crippen LogP contribution in [-0.2, 0) is 6.42 Å². The first-order chi connectivity index (χ1) is 8.70. The molecular formula is C15H22N2S. The molecule has 1 aromatic carbocycles. The molecule has 0 radical (unpaired) electrons. The van der Waals surface area contributed by atoms with E-state index in [9.17, 15) is 0 Å². The largest absolute Gasteiger partial charge is 0.380 e. The van der Waals surface area contributed by atoms with Crippen LogP contribution in [0.4, 0.5) is 5.69 Å². The third-order valence-electron chi connectivity index (χ3n) is 3.82. The third kappa shape index (κ3) is 2.67. The summed E-state index contributed by atoms with van der Waals surface area (Å²) in [4.78, 5) is 2.63. The van der Waals surface area contributed by atoms with Crippen LogP contribution < -0.4 is 5.32 Å². The minimum absolute atomic E-state index is 0.602. The van der Waals surface area contributed by atoms with Gasteiger partial charge >= 0.3 is 0 Å². The monoisotopic (exact) mass is 262 g/mol. The van der Waals surface area contributed by atoms with Crippen LogP contribution in [-0.4, -0.2) is 41.1 Å². The molecule has 0 bridgehead atoms. The van der Waals surface area contributed by atoms with Crippen LogP contribution >= 0.6 is 11.8 Å². The summed E-state index contributed by atoms with van der Waals surface area (Å²) >= 11 is 2.13. The standard InChI is InChI=1S/C15H22N2S/c1-11-8-17(9-12(2)18-11)10-14-7-13-5-3-4-6-15(13)16-14/h3-6,11-12,14,16H,7-10H2,1-2H3. The van der Waals surface area contributed by atoms with Gasteiger partial charge in [0.15, 0.2) is 0 Å². The molecule has 18 heavy (non-hydrogen) atoms. The van der Waals surface area contributed by atoms with Crippen molar-refractivity contribution < 1.29 is 0 Å². The molecule has 2 aliphatic rings. The molecule has 3 rings (SSSR count). The molecule has 2 nitrogen and oxygen atoms in total. The van der Waals surface area contributed by atoms with E-state index in [0.29, 0.717) is 6.04 Å². The quantitative estimate of drug-likeness (QED) is 0.882. The van der Waals surface area contributed by atoms with E-state index in [4.69, 9.17) is 0 Å². The van der Waals surface area contributed by atoms with Crippen LogP contribution in [0.3, 0.4) is 0 Å². The molecule has 98 valence electrons. The van der Waals surface area contributed by atoms with Crippen LogP contribution in [0.5, 0.6) is 0 Å². The van der Waals surface area contributed by atoms with Gasteiger partial charge in [-0.15, -0.1) is 0 Å². The molecule has 3 unspecified atom stereocenters. The SMILES string of the molecule is CC1CN(CC2Cc3ccccc3N2)CC(C)S1. The Labute approximate surface area is 114 Å². The summed E-state index contributed by atoms with van der Waals surface area (Å²) in [6.07, 6.45) is 1.18. The van der Waals surface area contributed by atoms with Gasteiger partial charge in [0, 0.05) is 41.9 Å². The molecule has 3 atom stereocenters. The molecule has 3 heteroatoms. The number of benzene rings is 1. The van der Waals surface area contributed by atoms with Crippen molar-refractivity contribution in [3.8, 4) is 0 Å². The second-order valence-electron chi connectivity index (χ2n) is 5.68. The van der Waals surface area contributed by atoms with Crippen molar-refractivity contribution in [2.75, 3.05) is 25.0 Å². The highest BCUT2D eigenvalue weighted by molar-refractivity contribution is 8.00. The van der Waals surface area contributed by atoms with E-state index in [0.717, 1.165) is 10.5 Å². The molecule has 2 aliphatic heterocycles. The zero-order valence-electron chi connectivity index (χ0n) is 11.2. The van der Waals surface area contributed by atoms with Gasteiger partial charge in [-0.2, -0.15) is 11.8 Å². The zero-order chi connectivity index (χ0) is 12.5. The Kier molecular flexibility index (Phi) is 3.53. The Balaban J connectivity index is 1.59. The van der Waals surface area contributed by atoms with Crippen LogP contribution in [0, 0.1) is 0 Å². The van der Waals surface area contributed by atoms with E-state index in [-0.39, 0.29) is 0 Å². The van der Waals surface area contributed by atoms with E-state index >= 15 is 0 Å². The molecule has 0 aliphatic carbocycles. The van der Waals surface area contributed by atoms with Gasteiger partial charge in [0.2, 0.25) is 0 Å². The summed E-state index contributed by atoms with van der Waals surface area (Å²) in [7, 11) is 0. The first kappa shape index (κ1) is 12.4. The first-order valence-corrected chi connectivity index (χ1v) is 7.87. The Morgan fingerprint density at radius 3 is 2.67 bits per heavy atom. The average Bonchev–Trinajstić information content (AvgIpc) is 2.69. The van der Waals surface area contributed by atoms with Crippen molar-refractivity contribution in [1.82, 2.24) is 4.90 Å². The highest BCUT2D eigenvalue weighted by atomic mass is 32.2. The Morgan fingerprint density at radius 2 is 1.94 bits per heavy atom. The lowest BCUT2D eigenvalue weighted by Crippen LogP contribution is -2.45. The van der Waals surface area contributed by atoms with E-state index in [1.807, 2.05) is 0 Å². The Morgan fingerprint density at radius 1 is 1.22 bits per heavy atom. The number of hydrogen-bond acceptors (Lipinski definition) is 3. The van der Waals surface area contributed by atoms with Gasteiger partial charge < -0.3 is 5.32 Å². The Hall–Kier alpha value is -0.670. The fraction of sp³-hybridized carbons (Fsp3) is 0.600. The van der Waals surface area contributed by atoms with Crippen molar-refractivity contribution in [2.45, 2.75) is 36.8 Å². The Bertz CT molecular complexity index is 386. The van der Waals surface area contributed by atoms with E-state index < -0.39 is 0 Å². The predicted molar refractivity (Wildman–Crippen MR) is 80.5 cm³/mol. The predicted octanol–water partition coefficient (Wildman–Crippen LogP) is 2.85. The lowest BCUT2D eigenvalue weighted by atomic mass is 10.1. The van der Waals surface area contributed by atoms with Crippen LogP contribution in [0.1, 0.15) is 19.4 Å². The summed E-state index contributed by atoms with van der Waals surface area (Å²) in [5.74, 6) is 0. The fourth-order valence-electron chi connectivity index (χ4n) is 3.23. The van der Waals surface area contributed by atoms with Gasteiger partial charge in [0.1, 0.15) is 0 Å². The summed E-state index contributed by atoms with van der Waals surface area (Å²) in [6, 6.07) is 9.32. The van der Waals surface area contributed by atoms with Gasteiger partial charge in [-0.3, -0.25) is 4.90 Å². The maximum atomic E-state index is 3.66. The first-order valence-electron chi connectivity index (χ1n) is 6.93. The topological polar surface area (TPSA) is 15.3 Å². The van der Waals surface area contributed by atoms with Gasteiger partial charge in [0.05, 0.1) is 0 Å². The number of para-hydroxylation sites is 1. The van der Waals surface area contributed by atoms with Crippen molar-refractivity contribution in [3.05, 3.63) is 29.8 Å². The number of thioether (sulfide) groups is 1. The van der Waals surface area contributed by atoms with Gasteiger partial charge in [-0.1, -0.05) is 32.0 Å². The molecule has 1 saturated heterocycles. The number of rotatable bonds is 2. The van der Waals surface area contributed by atoms with Gasteiger partial charge in [0.25, 0.3) is 0 Å². The molecule has 0 amide bonds. The molecule has 1 fully saturated rings. The lowest BCUT2D eigenvalue weighted by molar-refractivity contribution is 0.261. The minimum Gasteiger partial charge on any atom is -0.380 e. The second kappa shape index (κ2) is 5.14. The number of anilines is 1. The van der Waals surface area contributed by atoms with Gasteiger partial charge in [-0.25, -0.2) is 0 Å². The van der Waals surface area contributed by atoms with Crippen LogP contribution in [0.2, 0.25) is 0 Å². The van der Waals surface area contributed by atoms with Crippen LogP contribution in [0.25, 0.3) is 0 Å². The number of nitrogens with zero attached hydrogens (tertiary/aromatic N) is 1. The lowest BCUT2D eigenvalue weighted by Gasteiger charge is -2.36. The molecule has 0 aromatic heterocycles.